The van der Waals surface area contributed by atoms with Crippen molar-refractivity contribution in [2.75, 3.05) is 32.5 Å². The fraction of sp³-hybridized carbons (Fsp3) is 0.481. The first-order chi connectivity index (χ1) is 18.8. The number of Topliss-reactive ketones (excluding diaryl/α,β-unsaturated/α-hetero) is 2. The van der Waals surface area contributed by atoms with E-state index in [-0.39, 0.29) is 41.2 Å². The predicted molar refractivity (Wildman–Crippen MR) is 146 cm³/mol. The lowest BCUT2D eigenvalue weighted by Gasteiger charge is -2.50. The molecule has 1 fully saturated rings. The molecule has 2 amide bonds. The van der Waals surface area contributed by atoms with Crippen LogP contribution < -0.4 is 16.4 Å². The number of hydrogen-bond donors (Lipinski definition) is 7. The number of fused-ring (bicyclic) bond motifs is 3. The number of nitrogens with zero attached hydrogens (tertiary/aromatic N) is 1. The van der Waals surface area contributed by atoms with Gasteiger partial charge in [-0.05, 0) is 57.5 Å². The molecular weight excluding hydrogens is 544 g/mol. The summed E-state index contributed by atoms with van der Waals surface area (Å²) in [5.41, 5.74) is 1.49. The van der Waals surface area contributed by atoms with Crippen molar-refractivity contribution in [3.8, 4) is 5.75 Å². The number of halogens is 1. The fourth-order valence-electron chi connectivity index (χ4n) is 6.07. The number of carbonyl (C=O) groups excluding carboxylic acids is 4. The number of phenols is 1. The van der Waals surface area contributed by atoms with E-state index >= 15 is 0 Å². The first-order valence-electron chi connectivity index (χ1n) is 13.0. The van der Waals surface area contributed by atoms with E-state index in [9.17, 15) is 39.6 Å². The third kappa shape index (κ3) is 4.54. The number of aliphatic hydroxyl groups is 3. The van der Waals surface area contributed by atoms with Crippen LogP contribution in [0.1, 0.15) is 37.3 Å². The molecule has 3 unspecified atom stereocenters. The topological polar surface area (TPSA) is 203 Å². The molecule has 0 spiro atoms. The quantitative estimate of drug-likeness (QED) is 0.133. The van der Waals surface area contributed by atoms with Crippen LogP contribution in [0.25, 0.3) is 5.76 Å². The van der Waals surface area contributed by atoms with Gasteiger partial charge >= 0.3 is 0 Å². The van der Waals surface area contributed by atoms with Crippen LogP contribution in [0.3, 0.4) is 0 Å². The number of aromatic hydroxyl groups is 1. The van der Waals surface area contributed by atoms with E-state index in [1.807, 2.05) is 6.92 Å². The first-order valence-corrected chi connectivity index (χ1v) is 13.3. The predicted octanol–water partition coefficient (Wildman–Crippen LogP) is 0.946. The van der Waals surface area contributed by atoms with Gasteiger partial charge in [0.1, 0.15) is 22.8 Å². The maximum atomic E-state index is 13.9. The number of anilines is 1. The Bertz CT molecular complexity index is 1370. The van der Waals surface area contributed by atoms with Crippen molar-refractivity contribution in [3.63, 3.8) is 0 Å². The Morgan fingerprint density at radius 1 is 1.23 bits per heavy atom. The number of ketones is 2. The van der Waals surface area contributed by atoms with Gasteiger partial charge in [0, 0.05) is 11.5 Å². The minimum atomic E-state index is -2.73. The van der Waals surface area contributed by atoms with Gasteiger partial charge in [0.05, 0.1) is 23.2 Å². The Labute approximate surface area is 235 Å². The minimum absolute atomic E-state index is 0.0127. The number of carbonyl (C=O) groups is 4. The van der Waals surface area contributed by atoms with Gasteiger partial charge in [-0.1, -0.05) is 24.9 Å². The molecule has 1 saturated carbocycles. The van der Waals surface area contributed by atoms with Crippen molar-refractivity contribution in [1.82, 2.24) is 10.2 Å². The summed E-state index contributed by atoms with van der Waals surface area (Å²) in [4.78, 5) is 52.9. The average molecular weight is 577 g/mol. The molecule has 4 rings (SSSR count). The zero-order chi connectivity index (χ0) is 29.7. The standard InChI is InChI=1S/C27H33ClN4O8/c1-4-5-6-30-10-15(33)31-19-14(28)9-12-7-11-8-13-20(32(2)3)23(36)18(26(29)39)25(38)27(13,40)24(37)17(11)21(34)16(12)22(19)35/h9,11,13,20,30,34-35,38,40H,4-8,10H2,1-3H3,(H2,29,39)(H,31,33)/t11?,13?,20-,27?/m0/s1. The van der Waals surface area contributed by atoms with Crippen molar-refractivity contribution >= 4 is 46.4 Å². The maximum absolute atomic E-state index is 13.9. The second-order valence-electron chi connectivity index (χ2n) is 10.7. The second-order valence-corrected chi connectivity index (χ2v) is 11.1. The number of nitrogens with two attached hydrogens (primary N) is 1. The number of aliphatic hydroxyl groups excluding tert-OH is 2. The molecule has 1 aromatic rings. The molecule has 3 aliphatic rings. The number of likely N-dealkylation sites (N-methyl/N-ethyl adjacent to an activating group) is 1. The zero-order valence-corrected chi connectivity index (χ0v) is 23.1. The largest absolute Gasteiger partial charge is 0.508 e. The van der Waals surface area contributed by atoms with E-state index in [4.69, 9.17) is 17.3 Å². The number of nitrogens with one attached hydrogen (secondary N) is 2. The summed E-state index contributed by atoms with van der Waals surface area (Å²) in [7, 11) is 3.06. The van der Waals surface area contributed by atoms with Gasteiger partial charge in [-0.3, -0.25) is 24.1 Å². The molecule has 8 N–H and O–H groups in total. The highest BCUT2D eigenvalue weighted by Crippen LogP contribution is 2.54. The Kier molecular flexibility index (Phi) is 8.01. The molecule has 0 aromatic heterocycles. The molecule has 0 bridgehead atoms. The van der Waals surface area contributed by atoms with E-state index in [1.54, 1.807) is 0 Å². The first kappa shape index (κ1) is 29.5. The van der Waals surface area contributed by atoms with Crippen LogP contribution in [0.15, 0.2) is 23.0 Å². The molecule has 0 heterocycles. The summed E-state index contributed by atoms with van der Waals surface area (Å²) in [6.45, 7) is 2.58. The highest BCUT2D eigenvalue weighted by Gasteiger charge is 2.64. The lowest BCUT2D eigenvalue weighted by molar-refractivity contribution is -0.153. The van der Waals surface area contributed by atoms with Gasteiger partial charge in [0.25, 0.3) is 5.91 Å². The van der Waals surface area contributed by atoms with Gasteiger partial charge in [0.2, 0.25) is 11.7 Å². The lowest BCUT2D eigenvalue weighted by atomic mass is 9.57. The van der Waals surface area contributed by atoms with E-state index in [2.05, 4.69) is 10.6 Å². The smallest absolute Gasteiger partial charge is 0.255 e. The molecule has 0 saturated heterocycles. The fourth-order valence-corrected chi connectivity index (χ4v) is 6.34. The van der Waals surface area contributed by atoms with Crippen LogP contribution >= 0.6 is 11.6 Å². The molecular formula is C27H33ClN4O8. The van der Waals surface area contributed by atoms with E-state index in [0.717, 1.165) is 12.8 Å². The normalized spacial score (nSPS) is 26.0. The molecule has 13 heteroatoms. The third-order valence-electron chi connectivity index (χ3n) is 7.92. The molecule has 1 aromatic carbocycles. The average Bonchev–Trinajstić information content (AvgIpc) is 2.86. The third-order valence-corrected chi connectivity index (χ3v) is 8.22. The number of primary amides is 1. The van der Waals surface area contributed by atoms with Crippen LogP contribution in [-0.2, 0) is 25.6 Å². The number of rotatable bonds is 8. The monoisotopic (exact) mass is 576 g/mol. The van der Waals surface area contributed by atoms with Crippen LogP contribution in [0.5, 0.6) is 5.75 Å². The second kappa shape index (κ2) is 10.8. The Morgan fingerprint density at radius 2 is 1.90 bits per heavy atom. The molecule has 3 aliphatic carbocycles. The highest BCUT2D eigenvalue weighted by molar-refractivity contribution is 6.34. The Balaban J connectivity index is 1.80. The van der Waals surface area contributed by atoms with Gasteiger partial charge in [-0.25, -0.2) is 0 Å². The summed E-state index contributed by atoms with van der Waals surface area (Å²) in [6, 6.07) is 0.297. The molecule has 0 aliphatic heterocycles. The van der Waals surface area contributed by atoms with Crippen molar-refractivity contribution in [2.24, 2.45) is 17.6 Å². The SMILES string of the molecule is CCCCNCC(=O)Nc1c(Cl)cc2c(c1O)C(O)=C1C(=O)C3(O)C(O)=C(C(N)=O)C(=O)[C@@H](N(C)C)C3CC1C2. The lowest BCUT2D eigenvalue weighted by Crippen LogP contribution is -2.65. The zero-order valence-electron chi connectivity index (χ0n) is 22.4. The molecule has 216 valence electrons. The Hall–Kier alpha value is -3.45. The van der Waals surface area contributed by atoms with Gasteiger partial charge in [-0.2, -0.15) is 0 Å². The summed E-state index contributed by atoms with van der Waals surface area (Å²) < 4.78 is 0. The molecule has 40 heavy (non-hydrogen) atoms. The summed E-state index contributed by atoms with van der Waals surface area (Å²) in [6.07, 6.45) is 1.87. The van der Waals surface area contributed by atoms with Crippen LogP contribution in [-0.4, -0.2) is 87.5 Å². The number of amides is 2. The number of hydrogen-bond acceptors (Lipinski definition) is 10. The van der Waals surface area contributed by atoms with E-state index in [1.165, 1.54) is 25.1 Å². The number of unbranched alkanes of at least 4 members (excludes halogenated alkanes) is 1. The number of benzene rings is 1. The minimum Gasteiger partial charge on any atom is -0.508 e. The van der Waals surface area contributed by atoms with Gasteiger partial charge in [0.15, 0.2) is 17.1 Å². The summed E-state index contributed by atoms with van der Waals surface area (Å²) in [5.74, 6) is -8.03. The van der Waals surface area contributed by atoms with Crippen molar-refractivity contribution in [1.29, 1.82) is 0 Å². The Morgan fingerprint density at radius 3 is 2.50 bits per heavy atom. The highest BCUT2D eigenvalue weighted by atomic mass is 35.5. The van der Waals surface area contributed by atoms with Gasteiger partial charge < -0.3 is 36.8 Å². The molecule has 4 atom stereocenters. The van der Waals surface area contributed by atoms with Crippen LogP contribution in [0, 0.1) is 11.8 Å². The van der Waals surface area contributed by atoms with Crippen LogP contribution in [0.2, 0.25) is 5.02 Å². The van der Waals surface area contributed by atoms with Crippen molar-refractivity contribution in [3.05, 3.63) is 39.1 Å². The van der Waals surface area contributed by atoms with Crippen LogP contribution in [0.4, 0.5) is 5.69 Å². The molecule has 0 radical (unpaired) electrons. The van der Waals surface area contributed by atoms with Crippen molar-refractivity contribution < 1.29 is 39.6 Å². The summed E-state index contributed by atoms with van der Waals surface area (Å²) in [5, 5.41) is 50.4. The van der Waals surface area contributed by atoms with Crippen molar-refractivity contribution in [2.45, 2.75) is 44.2 Å². The van der Waals surface area contributed by atoms with E-state index in [0.29, 0.717) is 12.1 Å². The maximum Gasteiger partial charge on any atom is 0.255 e. The van der Waals surface area contributed by atoms with E-state index < -0.39 is 69.7 Å². The summed E-state index contributed by atoms with van der Waals surface area (Å²) >= 11 is 6.39. The van der Waals surface area contributed by atoms with Gasteiger partial charge in [-0.15, -0.1) is 0 Å². The molecule has 12 nitrogen and oxygen atoms in total. The number of phenolic OH excluding ortho intramolecular Hbond substituents is 1.